The van der Waals surface area contributed by atoms with E-state index in [9.17, 15) is 4.79 Å². The normalized spacial score (nSPS) is 17.7. The number of hydrogen-bond donors (Lipinski definition) is 2. The number of benzene rings is 2. The van der Waals surface area contributed by atoms with Crippen molar-refractivity contribution >= 4 is 28.4 Å². The number of thioether (sulfide) groups is 1. The highest BCUT2D eigenvalue weighted by Crippen LogP contribution is 2.22. The molecule has 2 N–H and O–H groups in total. The molecule has 22 heavy (non-hydrogen) atoms. The van der Waals surface area contributed by atoms with Gasteiger partial charge in [-0.15, -0.1) is 0 Å². The first-order valence-corrected chi connectivity index (χ1v) is 9.05. The lowest BCUT2D eigenvalue weighted by molar-refractivity contribution is -0.122. The molecular weight excluding hydrogens is 292 g/mol. The number of carbonyl (C=O) groups excluding carboxylic acids is 1. The Hall–Kier alpha value is -1.52. The highest BCUT2D eigenvalue weighted by Gasteiger charge is 2.21. The van der Waals surface area contributed by atoms with Crippen LogP contribution < -0.4 is 10.6 Å². The van der Waals surface area contributed by atoms with Gasteiger partial charge in [0.2, 0.25) is 5.91 Å². The maximum Gasteiger partial charge on any atom is 0.237 e. The van der Waals surface area contributed by atoms with Crippen LogP contribution in [0.1, 0.15) is 18.4 Å². The topological polar surface area (TPSA) is 41.1 Å². The summed E-state index contributed by atoms with van der Waals surface area (Å²) in [5, 5.41) is 8.87. The van der Waals surface area contributed by atoms with E-state index in [1.54, 1.807) is 0 Å². The summed E-state index contributed by atoms with van der Waals surface area (Å²) < 4.78 is 0. The van der Waals surface area contributed by atoms with Crippen LogP contribution in [0.5, 0.6) is 0 Å². The highest BCUT2D eigenvalue weighted by atomic mass is 32.2. The molecular formula is C18H22N2OS. The fourth-order valence-corrected chi connectivity index (χ4v) is 3.74. The third kappa shape index (κ3) is 3.81. The van der Waals surface area contributed by atoms with E-state index < -0.39 is 0 Å². The van der Waals surface area contributed by atoms with Crippen molar-refractivity contribution in [2.75, 3.05) is 18.8 Å². The van der Waals surface area contributed by atoms with E-state index in [4.69, 9.17) is 0 Å². The standard InChI is InChI=1S/C18H22N2OS/c21-18(17-9-4-10-19-17)20-11-12-22-13-15-7-3-6-14-5-1-2-8-16(14)15/h1-3,5-8,17,19H,4,9-13H2,(H,20,21). The Balaban J connectivity index is 1.43. The third-order valence-corrected chi connectivity index (χ3v) is 5.07. The molecule has 1 saturated heterocycles. The van der Waals surface area contributed by atoms with Crippen molar-refractivity contribution in [2.24, 2.45) is 0 Å². The molecule has 0 radical (unpaired) electrons. The summed E-state index contributed by atoms with van der Waals surface area (Å²) in [7, 11) is 0. The second kappa shape index (κ2) is 7.65. The average molecular weight is 314 g/mol. The number of amides is 1. The summed E-state index contributed by atoms with van der Waals surface area (Å²) >= 11 is 1.87. The summed E-state index contributed by atoms with van der Waals surface area (Å²) in [5.74, 6) is 2.09. The predicted molar refractivity (Wildman–Crippen MR) is 94.1 cm³/mol. The molecule has 2 aromatic rings. The first-order valence-electron chi connectivity index (χ1n) is 7.90. The molecule has 1 aliphatic rings. The number of hydrogen-bond acceptors (Lipinski definition) is 3. The second-order valence-corrected chi connectivity index (χ2v) is 6.74. The molecule has 1 amide bonds. The van der Waals surface area contributed by atoms with Crippen molar-refractivity contribution < 1.29 is 4.79 Å². The van der Waals surface area contributed by atoms with Gasteiger partial charge in [-0.25, -0.2) is 0 Å². The zero-order valence-electron chi connectivity index (χ0n) is 12.7. The van der Waals surface area contributed by atoms with Crippen LogP contribution in [0.25, 0.3) is 10.8 Å². The van der Waals surface area contributed by atoms with Gasteiger partial charge in [-0.3, -0.25) is 4.79 Å². The number of fused-ring (bicyclic) bond motifs is 1. The Kier molecular flexibility index (Phi) is 5.35. The van der Waals surface area contributed by atoms with Crippen LogP contribution in [0.4, 0.5) is 0 Å². The van der Waals surface area contributed by atoms with Gasteiger partial charge in [-0.1, -0.05) is 42.5 Å². The lowest BCUT2D eigenvalue weighted by Crippen LogP contribution is -2.41. The Labute approximate surface area is 135 Å². The lowest BCUT2D eigenvalue weighted by Gasteiger charge is -2.11. The van der Waals surface area contributed by atoms with Crippen LogP contribution in [0.2, 0.25) is 0 Å². The van der Waals surface area contributed by atoms with Crippen LogP contribution in [0.15, 0.2) is 42.5 Å². The van der Waals surface area contributed by atoms with E-state index in [1.807, 2.05) is 11.8 Å². The lowest BCUT2D eigenvalue weighted by atomic mass is 10.1. The zero-order chi connectivity index (χ0) is 15.2. The van der Waals surface area contributed by atoms with Crippen molar-refractivity contribution in [3.05, 3.63) is 48.0 Å². The summed E-state index contributed by atoms with van der Waals surface area (Å²) in [5.41, 5.74) is 1.37. The van der Waals surface area contributed by atoms with Crippen LogP contribution in [-0.4, -0.2) is 30.8 Å². The molecule has 1 atom stereocenters. The van der Waals surface area contributed by atoms with Gasteiger partial charge in [0.15, 0.2) is 0 Å². The van der Waals surface area contributed by atoms with Crippen molar-refractivity contribution in [1.29, 1.82) is 0 Å². The molecule has 0 aliphatic carbocycles. The van der Waals surface area contributed by atoms with Crippen molar-refractivity contribution in [3.63, 3.8) is 0 Å². The van der Waals surface area contributed by atoms with E-state index in [0.29, 0.717) is 0 Å². The largest absolute Gasteiger partial charge is 0.354 e. The summed E-state index contributed by atoms with van der Waals surface area (Å²) in [4.78, 5) is 11.9. The van der Waals surface area contributed by atoms with Gasteiger partial charge in [-0.2, -0.15) is 11.8 Å². The molecule has 0 aromatic heterocycles. The van der Waals surface area contributed by atoms with Crippen molar-refractivity contribution in [3.8, 4) is 0 Å². The SMILES string of the molecule is O=C(NCCSCc1cccc2ccccc12)C1CCCN1. The summed E-state index contributed by atoms with van der Waals surface area (Å²) in [6, 6.07) is 15.0. The Morgan fingerprint density at radius 1 is 1.23 bits per heavy atom. The minimum absolute atomic E-state index is 0.0306. The van der Waals surface area contributed by atoms with Gasteiger partial charge in [0.05, 0.1) is 6.04 Å². The van der Waals surface area contributed by atoms with Gasteiger partial charge in [0.1, 0.15) is 0 Å². The van der Waals surface area contributed by atoms with Crippen molar-refractivity contribution in [1.82, 2.24) is 10.6 Å². The smallest absolute Gasteiger partial charge is 0.237 e. The minimum atomic E-state index is 0.0306. The molecule has 0 spiro atoms. The van der Waals surface area contributed by atoms with Crippen LogP contribution in [0.3, 0.4) is 0 Å². The maximum absolute atomic E-state index is 11.9. The van der Waals surface area contributed by atoms with Gasteiger partial charge >= 0.3 is 0 Å². The van der Waals surface area contributed by atoms with Crippen molar-refractivity contribution in [2.45, 2.75) is 24.6 Å². The minimum Gasteiger partial charge on any atom is -0.354 e. The number of nitrogens with one attached hydrogen (secondary N) is 2. The molecule has 1 aliphatic heterocycles. The van der Waals surface area contributed by atoms with Crippen LogP contribution >= 0.6 is 11.8 Å². The molecule has 0 saturated carbocycles. The third-order valence-electron chi connectivity index (χ3n) is 4.06. The highest BCUT2D eigenvalue weighted by molar-refractivity contribution is 7.98. The molecule has 0 bridgehead atoms. The monoisotopic (exact) mass is 314 g/mol. The average Bonchev–Trinajstić information content (AvgIpc) is 3.09. The van der Waals surface area contributed by atoms with E-state index in [1.165, 1.54) is 16.3 Å². The first kappa shape index (κ1) is 15.4. The predicted octanol–water partition coefficient (Wildman–Crippen LogP) is 2.94. The molecule has 1 unspecified atom stereocenters. The van der Waals surface area contributed by atoms with Crippen LogP contribution in [0, 0.1) is 0 Å². The van der Waals surface area contributed by atoms with Gasteiger partial charge < -0.3 is 10.6 Å². The number of rotatable bonds is 6. The van der Waals surface area contributed by atoms with E-state index in [-0.39, 0.29) is 11.9 Å². The van der Waals surface area contributed by atoms with Gasteiger partial charge in [-0.05, 0) is 35.7 Å². The molecule has 3 rings (SSSR count). The van der Waals surface area contributed by atoms with E-state index in [2.05, 4.69) is 53.1 Å². The second-order valence-electron chi connectivity index (χ2n) is 5.63. The van der Waals surface area contributed by atoms with Crippen LogP contribution in [-0.2, 0) is 10.5 Å². The molecule has 1 heterocycles. The molecule has 4 heteroatoms. The first-order chi connectivity index (χ1) is 10.8. The maximum atomic E-state index is 11.9. The Bertz CT molecular complexity index is 633. The van der Waals surface area contributed by atoms with E-state index >= 15 is 0 Å². The summed E-state index contributed by atoms with van der Waals surface area (Å²) in [6.45, 7) is 1.71. The Morgan fingerprint density at radius 3 is 2.95 bits per heavy atom. The molecule has 3 nitrogen and oxygen atoms in total. The van der Waals surface area contributed by atoms with Gasteiger partial charge in [0, 0.05) is 18.1 Å². The quantitative estimate of drug-likeness (QED) is 0.806. The molecule has 116 valence electrons. The van der Waals surface area contributed by atoms with Gasteiger partial charge in [0.25, 0.3) is 0 Å². The number of carbonyl (C=O) groups is 1. The zero-order valence-corrected chi connectivity index (χ0v) is 13.5. The fraction of sp³-hybridized carbons (Fsp3) is 0.389. The van der Waals surface area contributed by atoms with E-state index in [0.717, 1.165) is 37.4 Å². The summed E-state index contributed by atoms with van der Waals surface area (Å²) in [6.07, 6.45) is 2.07. The molecule has 2 aromatic carbocycles. The fourth-order valence-electron chi connectivity index (χ4n) is 2.88. The Morgan fingerprint density at radius 2 is 2.09 bits per heavy atom. The molecule has 1 fully saturated rings.